The van der Waals surface area contributed by atoms with Crippen LogP contribution in [0, 0.1) is 0 Å². The Labute approximate surface area is 166 Å². The van der Waals surface area contributed by atoms with E-state index in [1.807, 2.05) is 12.1 Å². The van der Waals surface area contributed by atoms with Crippen LogP contribution < -0.4 is 5.32 Å². The number of aliphatic hydroxyl groups excluding tert-OH is 1. The van der Waals surface area contributed by atoms with Crippen LogP contribution in [0.15, 0.2) is 48.8 Å². The van der Waals surface area contributed by atoms with E-state index < -0.39 is 17.6 Å². The standard InChI is InChI=1S/C21H22F3N3O2/c1-20(2,10-3-11-28)15-6-4-14(5-7-15)19(29)26-17-13-27-12-16(21(22,23)24)8-9-18(27)25-17/h4-9,12-13,28H,3,10-11H2,1-2H3,(H,26,29). The van der Waals surface area contributed by atoms with Crippen LogP contribution in [0.25, 0.3) is 5.65 Å². The number of rotatable bonds is 6. The van der Waals surface area contributed by atoms with Crippen molar-refractivity contribution in [3.05, 3.63) is 65.5 Å². The zero-order chi connectivity index (χ0) is 21.2. The molecule has 3 rings (SSSR count). The van der Waals surface area contributed by atoms with E-state index in [0.717, 1.165) is 24.2 Å². The van der Waals surface area contributed by atoms with E-state index in [2.05, 4.69) is 24.1 Å². The number of carbonyl (C=O) groups is 1. The van der Waals surface area contributed by atoms with Crippen molar-refractivity contribution in [1.29, 1.82) is 0 Å². The molecule has 2 heterocycles. The van der Waals surface area contributed by atoms with E-state index in [1.54, 1.807) is 12.1 Å². The summed E-state index contributed by atoms with van der Waals surface area (Å²) in [4.78, 5) is 16.6. The third-order valence-corrected chi connectivity index (χ3v) is 4.91. The van der Waals surface area contributed by atoms with Crippen molar-refractivity contribution >= 4 is 17.4 Å². The summed E-state index contributed by atoms with van der Waals surface area (Å²) < 4.78 is 39.7. The Kier molecular flexibility index (Phi) is 5.66. The van der Waals surface area contributed by atoms with E-state index in [4.69, 9.17) is 5.11 Å². The van der Waals surface area contributed by atoms with Gasteiger partial charge in [0.25, 0.3) is 5.91 Å². The minimum Gasteiger partial charge on any atom is -0.396 e. The van der Waals surface area contributed by atoms with Crippen LogP contribution in [0.3, 0.4) is 0 Å². The van der Waals surface area contributed by atoms with E-state index >= 15 is 0 Å². The van der Waals surface area contributed by atoms with Crippen LogP contribution in [0.5, 0.6) is 0 Å². The fourth-order valence-corrected chi connectivity index (χ4v) is 3.15. The number of fused-ring (bicyclic) bond motifs is 1. The lowest BCUT2D eigenvalue weighted by molar-refractivity contribution is -0.137. The highest BCUT2D eigenvalue weighted by atomic mass is 19.4. The molecule has 0 atom stereocenters. The lowest BCUT2D eigenvalue weighted by Crippen LogP contribution is -2.18. The van der Waals surface area contributed by atoms with Gasteiger partial charge in [0.1, 0.15) is 5.65 Å². The molecule has 0 aliphatic carbocycles. The molecule has 154 valence electrons. The number of nitrogens with one attached hydrogen (secondary N) is 1. The third-order valence-electron chi connectivity index (χ3n) is 4.91. The van der Waals surface area contributed by atoms with Crippen molar-refractivity contribution in [2.75, 3.05) is 11.9 Å². The van der Waals surface area contributed by atoms with Gasteiger partial charge in [-0.1, -0.05) is 26.0 Å². The minimum atomic E-state index is -4.45. The van der Waals surface area contributed by atoms with Crippen molar-refractivity contribution < 1.29 is 23.1 Å². The molecule has 29 heavy (non-hydrogen) atoms. The smallest absolute Gasteiger partial charge is 0.396 e. The average Bonchev–Trinajstić information content (AvgIpc) is 3.07. The summed E-state index contributed by atoms with van der Waals surface area (Å²) in [5.41, 5.74) is 0.846. The van der Waals surface area contributed by atoms with Gasteiger partial charge >= 0.3 is 6.18 Å². The van der Waals surface area contributed by atoms with Gasteiger partial charge in [0, 0.05) is 18.4 Å². The summed E-state index contributed by atoms with van der Waals surface area (Å²) in [6.07, 6.45) is -0.667. The molecule has 2 N–H and O–H groups in total. The Bertz CT molecular complexity index is 1010. The summed E-state index contributed by atoms with van der Waals surface area (Å²) in [6, 6.07) is 9.33. The second-order valence-corrected chi connectivity index (χ2v) is 7.55. The molecule has 0 saturated heterocycles. The van der Waals surface area contributed by atoms with Crippen LogP contribution in [0.4, 0.5) is 19.0 Å². The number of aliphatic hydroxyl groups is 1. The first-order chi connectivity index (χ1) is 13.6. The molecule has 1 aromatic carbocycles. The summed E-state index contributed by atoms with van der Waals surface area (Å²) >= 11 is 0. The Morgan fingerprint density at radius 3 is 2.34 bits per heavy atom. The molecule has 8 heteroatoms. The number of aromatic nitrogens is 2. The van der Waals surface area contributed by atoms with E-state index in [9.17, 15) is 18.0 Å². The highest BCUT2D eigenvalue weighted by molar-refractivity contribution is 6.03. The first kappa shape index (κ1) is 20.9. The van der Waals surface area contributed by atoms with Crippen molar-refractivity contribution in [3.8, 4) is 0 Å². The quantitative estimate of drug-likeness (QED) is 0.627. The normalized spacial score (nSPS) is 12.3. The number of alkyl halides is 3. The van der Waals surface area contributed by atoms with Gasteiger partial charge in [0.05, 0.1) is 11.8 Å². The second kappa shape index (κ2) is 7.87. The maximum Gasteiger partial charge on any atom is 0.417 e. The summed E-state index contributed by atoms with van der Waals surface area (Å²) in [5, 5.41) is 11.6. The Morgan fingerprint density at radius 1 is 1.07 bits per heavy atom. The molecule has 0 saturated carbocycles. The number of halogens is 3. The van der Waals surface area contributed by atoms with E-state index in [1.165, 1.54) is 16.7 Å². The highest BCUT2D eigenvalue weighted by Gasteiger charge is 2.31. The molecule has 0 bridgehead atoms. The number of benzene rings is 1. The summed E-state index contributed by atoms with van der Waals surface area (Å²) in [6.45, 7) is 4.28. The molecule has 0 radical (unpaired) electrons. The predicted molar refractivity (Wildman–Crippen MR) is 104 cm³/mol. The van der Waals surface area contributed by atoms with Crippen molar-refractivity contribution in [2.45, 2.75) is 38.3 Å². The predicted octanol–water partition coefficient (Wildman–Crippen LogP) is 4.66. The Hall–Kier alpha value is -2.87. The van der Waals surface area contributed by atoms with Gasteiger partial charge in [-0.3, -0.25) is 4.79 Å². The van der Waals surface area contributed by atoms with Gasteiger partial charge in [-0.2, -0.15) is 13.2 Å². The summed E-state index contributed by atoms with van der Waals surface area (Å²) in [7, 11) is 0. The third kappa shape index (κ3) is 4.76. The molecule has 0 unspecified atom stereocenters. The highest BCUT2D eigenvalue weighted by Crippen LogP contribution is 2.30. The number of carbonyl (C=O) groups excluding carboxylic acids is 1. The molecular formula is C21H22F3N3O2. The Morgan fingerprint density at radius 2 is 1.72 bits per heavy atom. The van der Waals surface area contributed by atoms with Crippen molar-refractivity contribution in [1.82, 2.24) is 9.38 Å². The van der Waals surface area contributed by atoms with Gasteiger partial charge in [-0.25, -0.2) is 4.98 Å². The van der Waals surface area contributed by atoms with Gasteiger partial charge in [-0.15, -0.1) is 0 Å². The van der Waals surface area contributed by atoms with Crippen LogP contribution >= 0.6 is 0 Å². The van der Waals surface area contributed by atoms with Crippen molar-refractivity contribution in [3.63, 3.8) is 0 Å². The number of imidazole rings is 1. The Balaban J connectivity index is 1.74. The van der Waals surface area contributed by atoms with Gasteiger partial charge in [0.2, 0.25) is 0 Å². The largest absolute Gasteiger partial charge is 0.417 e. The molecular weight excluding hydrogens is 383 g/mol. The van der Waals surface area contributed by atoms with Gasteiger partial charge < -0.3 is 14.8 Å². The zero-order valence-corrected chi connectivity index (χ0v) is 16.1. The van der Waals surface area contributed by atoms with Gasteiger partial charge in [-0.05, 0) is 48.1 Å². The first-order valence-corrected chi connectivity index (χ1v) is 9.19. The second-order valence-electron chi connectivity index (χ2n) is 7.55. The molecule has 0 aliphatic rings. The van der Waals surface area contributed by atoms with E-state index in [-0.39, 0.29) is 17.8 Å². The van der Waals surface area contributed by atoms with Gasteiger partial charge in [0.15, 0.2) is 5.82 Å². The number of hydrogen-bond acceptors (Lipinski definition) is 3. The fraction of sp³-hybridized carbons (Fsp3) is 0.333. The number of pyridine rings is 1. The fourth-order valence-electron chi connectivity index (χ4n) is 3.15. The van der Waals surface area contributed by atoms with Crippen LogP contribution in [0.1, 0.15) is 48.2 Å². The number of nitrogens with zero attached hydrogens (tertiary/aromatic N) is 2. The molecule has 0 aliphatic heterocycles. The SMILES string of the molecule is CC(C)(CCCO)c1ccc(C(=O)Nc2cn3cc(C(F)(F)F)ccc3n2)cc1. The maximum absolute atomic E-state index is 12.8. The molecule has 1 amide bonds. The molecule has 0 spiro atoms. The first-order valence-electron chi connectivity index (χ1n) is 9.19. The molecule has 2 aromatic heterocycles. The monoisotopic (exact) mass is 405 g/mol. The maximum atomic E-state index is 12.8. The summed E-state index contributed by atoms with van der Waals surface area (Å²) in [5.74, 6) is -0.231. The van der Waals surface area contributed by atoms with Crippen molar-refractivity contribution in [2.24, 2.45) is 0 Å². The van der Waals surface area contributed by atoms with Crippen LogP contribution in [-0.2, 0) is 11.6 Å². The lowest BCUT2D eigenvalue weighted by Gasteiger charge is -2.25. The number of hydrogen-bond donors (Lipinski definition) is 2. The minimum absolute atomic E-state index is 0.129. The molecule has 0 fully saturated rings. The zero-order valence-electron chi connectivity index (χ0n) is 16.1. The number of amides is 1. The molecule has 3 aromatic rings. The van der Waals surface area contributed by atoms with Crippen LogP contribution in [0.2, 0.25) is 0 Å². The average molecular weight is 405 g/mol. The lowest BCUT2D eigenvalue weighted by atomic mass is 9.80. The topological polar surface area (TPSA) is 66.6 Å². The number of anilines is 1. The molecule has 5 nitrogen and oxygen atoms in total. The van der Waals surface area contributed by atoms with Crippen LogP contribution in [-0.4, -0.2) is 27.0 Å². The van der Waals surface area contributed by atoms with E-state index in [0.29, 0.717) is 17.6 Å².